The number of rotatable bonds is 4. The number of aromatic nitrogens is 2. The molecule has 0 unspecified atom stereocenters. The second-order valence-corrected chi connectivity index (χ2v) is 5.68. The number of carbonyl (C=O) groups is 1. The highest BCUT2D eigenvalue weighted by atomic mass is 32.1. The summed E-state index contributed by atoms with van der Waals surface area (Å²) >= 11 is 1.54. The summed E-state index contributed by atoms with van der Waals surface area (Å²) in [5, 5.41) is 2.84. The lowest BCUT2D eigenvalue weighted by molar-refractivity contribution is 0.0468. The van der Waals surface area contributed by atoms with Gasteiger partial charge in [-0.1, -0.05) is 29.8 Å². The quantitative estimate of drug-likeness (QED) is 0.686. The topological polar surface area (TPSA) is 52.1 Å². The lowest BCUT2D eigenvalue weighted by Gasteiger charge is -2.02. The molecule has 0 radical (unpaired) electrons. The van der Waals surface area contributed by atoms with Gasteiger partial charge in [-0.2, -0.15) is 0 Å². The van der Waals surface area contributed by atoms with E-state index in [0.717, 1.165) is 16.3 Å². The smallest absolute Gasteiger partial charge is 0.338 e. The molecule has 3 aromatic rings. The number of aryl methyl sites for hydroxylation is 1. The van der Waals surface area contributed by atoms with Crippen LogP contribution in [0.1, 0.15) is 21.6 Å². The molecule has 0 fully saturated rings. The fourth-order valence-electron chi connectivity index (χ4n) is 1.91. The molecule has 0 aliphatic rings. The summed E-state index contributed by atoms with van der Waals surface area (Å²) in [7, 11) is 0. The van der Waals surface area contributed by atoms with E-state index in [4.69, 9.17) is 4.74 Å². The van der Waals surface area contributed by atoms with E-state index in [-0.39, 0.29) is 12.6 Å². The first-order valence-corrected chi connectivity index (χ1v) is 7.69. The predicted octanol–water partition coefficient (Wildman–Crippen LogP) is 3.87. The number of ether oxygens (including phenoxy) is 1. The van der Waals surface area contributed by atoms with E-state index in [1.165, 1.54) is 5.56 Å². The summed E-state index contributed by atoms with van der Waals surface area (Å²) in [6.45, 7) is 2.22. The van der Waals surface area contributed by atoms with Crippen molar-refractivity contribution in [3.63, 3.8) is 0 Å². The molecule has 1 aromatic carbocycles. The Morgan fingerprint density at radius 2 is 1.86 bits per heavy atom. The van der Waals surface area contributed by atoms with Crippen LogP contribution < -0.4 is 0 Å². The minimum atomic E-state index is -0.368. The third-order valence-corrected chi connectivity index (χ3v) is 4.06. The van der Waals surface area contributed by atoms with Crippen molar-refractivity contribution in [1.29, 1.82) is 0 Å². The van der Waals surface area contributed by atoms with Crippen LogP contribution in [0, 0.1) is 6.92 Å². The number of hydrogen-bond acceptors (Lipinski definition) is 5. The van der Waals surface area contributed by atoms with E-state index in [1.807, 2.05) is 17.5 Å². The lowest BCUT2D eigenvalue weighted by Crippen LogP contribution is -2.05. The van der Waals surface area contributed by atoms with Crippen molar-refractivity contribution in [2.45, 2.75) is 13.5 Å². The Kier molecular flexibility index (Phi) is 4.25. The average molecular weight is 310 g/mol. The van der Waals surface area contributed by atoms with Gasteiger partial charge in [0.05, 0.1) is 11.3 Å². The Bertz CT molecular complexity index is 767. The summed E-state index contributed by atoms with van der Waals surface area (Å²) < 4.78 is 5.26. The Labute approximate surface area is 132 Å². The maximum atomic E-state index is 11.9. The monoisotopic (exact) mass is 310 g/mol. The number of benzene rings is 1. The molecular formula is C17H14N2O2S. The van der Waals surface area contributed by atoms with Crippen LogP contribution in [0.15, 0.2) is 54.2 Å². The highest BCUT2D eigenvalue weighted by Gasteiger charge is 2.09. The average Bonchev–Trinajstić information content (AvgIpc) is 3.03. The maximum Gasteiger partial charge on any atom is 0.338 e. The van der Waals surface area contributed by atoms with Crippen LogP contribution in [-0.4, -0.2) is 15.9 Å². The van der Waals surface area contributed by atoms with Crippen molar-refractivity contribution in [1.82, 2.24) is 9.97 Å². The van der Waals surface area contributed by atoms with E-state index in [0.29, 0.717) is 5.56 Å². The van der Waals surface area contributed by atoms with Gasteiger partial charge in [-0.15, -0.1) is 11.3 Å². The Morgan fingerprint density at radius 3 is 2.59 bits per heavy atom. The second-order valence-electron chi connectivity index (χ2n) is 4.82. The molecule has 2 heterocycles. The fraction of sp³-hybridized carbons (Fsp3) is 0.118. The van der Waals surface area contributed by atoms with Crippen molar-refractivity contribution in [3.05, 3.63) is 71.0 Å². The summed E-state index contributed by atoms with van der Waals surface area (Å²) in [5.74, 6) is -0.368. The summed E-state index contributed by atoms with van der Waals surface area (Å²) in [6, 6.07) is 11.4. The molecule has 110 valence electrons. The molecule has 22 heavy (non-hydrogen) atoms. The molecular weight excluding hydrogens is 296 g/mol. The van der Waals surface area contributed by atoms with Gasteiger partial charge in [-0.05, 0) is 19.1 Å². The van der Waals surface area contributed by atoms with Crippen molar-refractivity contribution in [2.75, 3.05) is 0 Å². The highest BCUT2D eigenvalue weighted by Crippen LogP contribution is 2.24. The van der Waals surface area contributed by atoms with Crippen LogP contribution in [0.3, 0.4) is 0 Å². The van der Waals surface area contributed by atoms with Gasteiger partial charge in [-0.25, -0.2) is 9.78 Å². The molecule has 0 spiro atoms. The normalized spacial score (nSPS) is 10.4. The molecule has 0 aliphatic heterocycles. The number of pyridine rings is 1. The first-order chi connectivity index (χ1) is 10.7. The van der Waals surface area contributed by atoms with Gasteiger partial charge in [0.25, 0.3) is 0 Å². The maximum absolute atomic E-state index is 11.9. The van der Waals surface area contributed by atoms with Crippen LogP contribution in [0.25, 0.3) is 10.6 Å². The molecule has 0 amide bonds. The van der Waals surface area contributed by atoms with Crippen LogP contribution in [0.5, 0.6) is 0 Å². The molecule has 0 aliphatic carbocycles. The van der Waals surface area contributed by atoms with Crippen molar-refractivity contribution >= 4 is 17.3 Å². The number of carbonyl (C=O) groups excluding carboxylic acids is 1. The van der Waals surface area contributed by atoms with Gasteiger partial charge in [-0.3, -0.25) is 4.98 Å². The molecule has 0 saturated heterocycles. The molecule has 0 saturated carbocycles. The largest absolute Gasteiger partial charge is 0.456 e. The summed E-state index contributed by atoms with van der Waals surface area (Å²) in [5.41, 5.74) is 3.53. The molecule has 5 heteroatoms. The minimum Gasteiger partial charge on any atom is -0.456 e. The number of nitrogens with zero attached hydrogens (tertiary/aromatic N) is 2. The molecule has 2 aromatic heterocycles. The van der Waals surface area contributed by atoms with Gasteiger partial charge in [0.15, 0.2) is 0 Å². The highest BCUT2D eigenvalue weighted by molar-refractivity contribution is 7.13. The molecule has 0 bridgehead atoms. The zero-order chi connectivity index (χ0) is 15.4. The Hall–Kier alpha value is -2.53. The van der Waals surface area contributed by atoms with Gasteiger partial charge < -0.3 is 4.74 Å². The number of hydrogen-bond donors (Lipinski definition) is 0. The second kappa shape index (κ2) is 6.49. The van der Waals surface area contributed by atoms with Crippen LogP contribution >= 0.6 is 11.3 Å². The predicted molar refractivity (Wildman–Crippen MR) is 85.6 cm³/mol. The molecule has 0 N–H and O–H groups in total. The molecule has 4 nitrogen and oxygen atoms in total. The SMILES string of the molecule is Cc1ccc(-c2nc(COC(=O)c3ccncc3)cs2)cc1. The van der Waals surface area contributed by atoms with Crippen molar-refractivity contribution in [2.24, 2.45) is 0 Å². The third-order valence-electron chi connectivity index (χ3n) is 3.12. The first-order valence-electron chi connectivity index (χ1n) is 6.81. The van der Waals surface area contributed by atoms with Gasteiger partial charge in [0.1, 0.15) is 11.6 Å². The zero-order valence-electron chi connectivity index (χ0n) is 12.0. The van der Waals surface area contributed by atoms with Crippen LogP contribution in [0.2, 0.25) is 0 Å². The van der Waals surface area contributed by atoms with Crippen LogP contribution in [0.4, 0.5) is 0 Å². The van der Waals surface area contributed by atoms with Crippen LogP contribution in [-0.2, 0) is 11.3 Å². The van der Waals surface area contributed by atoms with Crippen molar-refractivity contribution in [3.8, 4) is 10.6 Å². The van der Waals surface area contributed by atoms with Gasteiger partial charge in [0.2, 0.25) is 0 Å². The van der Waals surface area contributed by atoms with E-state index in [2.05, 4.69) is 29.0 Å². The van der Waals surface area contributed by atoms with Gasteiger partial charge in [0, 0.05) is 23.3 Å². The Morgan fingerprint density at radius 1 is 1.14 bits per heavy atom. The summed E-state index contributed by atoms with van der Waals surface area (Å²) in [4.78, 5) is 20.2. The van der Waals surface area contributed by atoms with Gasteiger partial charge >= 0.3 is 5.97 Å². The fourth-order valence-corrected chi connectivity index (χ4v) is 2.72. The minimum absolute atomic E-state index is 0.170. The lowest BCUT2D eigenvalue weighted by atomic mass is 10.2. The summed E-state index contributed by atoms with van der Waals surface area (Å²) in [6.07, 6.45) is 3.13. The van der Waals surface area contributed by atoms with E-state index < -0.39 is 0 Å². The number of thiazole rings is 1. The van der Waals surface area contributed by atoms with Crippen molar-refractivity contribution < 1.29 is 9.53 Å². The standard InChI is InChI=1S/C17H14N2O2S/c1-12-2-4-13(5-3-12)16-19-15(11-22-16)10-21-17(20)14-6-8-18-9-7-14/h2-9,11H,10H2,1H3. The Balaban J connectivity index is 1.65. The first kappa shape index (κ1) is 14.4. The molecule has 3 rings (SSSR count). The number of esters is 1. The van der Waals surface area contributed by atoms with E-state index in [9.17, 15) is 4.79 Å². The van der Waals surface area contributed by atoms with E-state index >= 15 is 0 Å². The van der Waals surface area contributed by atoms with E-state index in [1.54, 1.807) is 35.9 Å². The third kappa shape index (κ3) is 3.38. The molecule has 0 atom stereocenters. The zero-order valence-corrected chi connectivity index (χ0v) is 12.8.